The third kappa shape index (κ3) is 32.9. The number of unbranched alkanes of at least 4 members (excludes halogenated alkanes) is 15. The summed E-state index contributed by atoms with van der Waals surface area (Å²) in [5, 5.41) is 0. The highest BCUT2D eigenvalue weighted by atomic mass is 35.8. The van der Waals surface area contributed by atoms with Gasteiger partial charge in [0.05, 0.1) is 0 Å². The summed E-state index contributed by atoms with van der Waals surface area (Å²) < 4.78 is 4.68. The highest BCUT2D eigenvalue weighted by Gasteiger charge is 2.23. The highest BCUT2D eigenvalue weighted by molar-refractivity contribution is 7.64. The molecule has 0 unspecified atom stereocenters. The molecule has 0 radical (unpaired) electrons. The third-order valence-corrected chi connectivity index (χ3v) is 7.80. The fourth-order valence-electron chi connectivity index (χ4n) is 2.87. The molecule has 0 amide bonds. The first-order valence-corrected chi connectivity index (χ1v) is 18.3. The van der Waals surface area contributed by atoms with Crippen LogP contribution in [-0.4, -0.2) is 22.9 Å². The van der Waals surface area contributed by atoms with Crippen LogP contribution in [0.5, 0.6) is 0 Å². The molecule has 0 rings (SSSR count). The number of hydrogen-bond acceptors (Lipinski definition) is 1. The molecule has 0 atom stereocenters. The van der Waals surface area contributed by atoms with Crippen LogP contribution in [0.25, 0.3) is 0 Å². The van der Waals surface area contributed by atoms with Crippen LogP contribution < -0.4 is 0 Å². The average molecular weight is 464 g/mol. The Bertz CT molecular complexity index is 250. The summed E-state index contributed by atoms with van der Waals surface area (Å²) in [6, 6.07) is -1.52. The Hall–Kier alpha value is 1.26. The van der Waals surface area contributed by atoms with Crippen LogP contribution in [0.1, 0.15) is 110 Å². The topological polar surface area (TPSA) is 9.23 Å². The summed E-state index contributed by atoms with van der Waals surface area (Å²) in [5.74, 6) is 0. The molecular weight excluding hydrogens is 419 g/mol. The van der Waals surface area contributed by atoms with Gasteiger partial charge in [-0.05, 0) is 6.04 Å². The average Bonchev–Trinajstić information content (AvgIpc) is 2.60. The van der Waals surface area contributed by atoms with Crippen molar-refractivity contribution in [3.63, 3.8) is 0 Å². The van der Waals surface area contributed by atoms with E-state index in [1.807, 2.05) is 0 Å². The molecule has 0 aromatic heterocycles. The van der Waals surface area contributed by atoms with Gasteiger partial charge in [-0.15, -0.1) is 33.2 Å². The van der Waals surface area contributed by atoms with Crippen molar-refractivity contribution in [3.05, 3.63) is 0 Å². The maximum atomic E-state index is 5.87. The van der Waals surface area contributed by atoms with Crippen molar-refractivity contribution in [2.45, 2.75) is 122 Å². The first-order valence-electron chi connectivity index (χ1n) is 11.0. The summed E-state index contributed by atoms with van der Waals surface area (Å²) in [7, 11) is 1.67. The second kappa shape index (κ2) is 24.3. The summed E-state index contributed by atoms with van der Waals surface area (Å²) in [6.07, 6.45) is 22.2. The van der Waals surface area contributed by atoms with Gasteiger partial charge in [0.1, 0.15) is 0 Å². The Balaban J connectivity index is 0. The maximum Gasteiger partial charge on any atom is 0.341 e. The summed E-state index contributed by atoms with van der Waals surface area (Å²) in [6.45, 7) is 4.38. The van der Waals surface area contributed by atoms with Crippen LogP contribution in [0.4, 0.5) is 0 Å². The van der Waals surface area contributed by atoms with E-state index in [9.17, 15) is 0 Å². The first kappa shape index (κ1) is 29.5. The van der Waals surface area contributed by atoms with E-state index >= 15 is 0 Å². The van der Waals surface area contributed by atoms with E-state index in [0.717, 1.165) is 12.5 Å². The lowest BCUT2D eigenvalue weighted by Gasteiger charge is -2.07. The van der Waals surface area contributed by atoms with Crippen molar-refractivity contribution in [2.24, 2.45) is 0 Å². The second-order valence-corrected chi connectivity index (χ2v) is 17.7. The van der Waals surface area contributed by atoms with Crippen LogP contribution in [0, 0.1) is 0 Å². The Morgan fingerprint density at radius 3 is 1.12 bits per heavy atom. The molecule has 0 spiro atoms. The Morgan fingerprint density at radius 2 is 0.885 bits per heavy atom. The number of rotatable bonds is 18. The van der Waals surface area contributed by atoms with Crippen molar-refractivity contribution in [1.82, 2.24) is 0 Å². The molecular formula is C20H45Cl3OSi2. The van der Waals surface area contributed by atoms with Crippen LogP contribution in [0.3, 0.4) is 0 Å². The molecule has 0 saturated carbocycles. The van der Waals surface area contributed by atoms with E-state index in [-0.39, 0.29) is 9.76 Å². The Labute approximate surface area is 182 Å². The van der Waals surface area contributed by atoms with E-state index in [0.29, 0.717) is 0 Å². The van der Waals surface area contributed by atoms with E-state index in [1.165, 1.54) is 96.3 Å². The molecule has 0 N–H and O–H groups in total. The molecule has 26 heavy (non-hydrogen) atoms. The van der Waals surface area contributed by atoms with Gasteiger partial charge in [0, 0.05) is 7.11 Å². The smallest absolute Gasteiger partial charge is 0.341 e. The molecule has 0 heterocycles. The molecule has 6 heteroatoms. The predicted octanol–water partition coefficient (Wildman–Crippen LogP) is 8.67. The fourth-order valence-corrected chi connectivity index (χ4v) is 4.73. The molecule has 0 aromatic rings. The maximum absolute atomic E-state index is 5.87. The van der Waals surface area contributed by atoms with Crippen molar-refractivity contribution in [3.8, 4) is 0 Å². The number of hydrogen-bond donors (Lipinski definition) is 0. The minimum absolute atomic E-state index is 0.0756. The lowest BCUT2D eigenvalue weighted by molar-refractivity contribution is 0.446. The largest absolute Gasteiger partial charge is 0.427 e. The minimum atomic E-state index is -2.35. The highest BCUT2D eigenvalue weighted by Crippen LogP contribution is 2.27. The second-order valence-electron chi connectivity index (χ2n) is 7.25. The predicted molar refractivity (Wildman–Crippen MR) is 129 cm³/mol. The van der Waals surface area contributed by atoms with Crippen molar-refractivity contribution < 1.29 is 4.43 Å². The van der Waals surface area contributed by atoms with Gasteiger partial charge in [0.2, 0.25) is 0 Å². The van der Waals surface area contributed by atoms with Crippen molar-refractivity contribution >= 4 is 49.0 Å². The Kier molecular flexibility index (Phi) is 27.5. The van der Waals surface area contributed by atoms with Crippen molar-refractivity contribution in [1.29, 1.82) is 0 Å². The monoisotopic (exact) mass is 462 g/mol. The van der Waals surface area contributed by atoms with Crippen LogP contribution in [-0.2, 0) is 4.43 Å². The lowest BCUT2D eigenvalue weighted by atomic mass is 10.0. The molecule has 0 bridgehead atoms. The van der Waals surface area contributed by atoms with Crippen LogP contribution in [0.2, 0.25) is 12.6 Å². The zero-order chi connectivity index (χ0) is 19.9. The number of halogens is 3. The first-order chi connectivity index (χ1) is 12.5. The molecule has 0 aliphatic rings. The SMILES string of the molecule is CCCCCCCCCCCCCCCCCC[Si](Cl)(Cl)Cl.CO[SiH2]C. The van der Waals surface area contributed by atoms with E-state index in [4.69, 9.17) is 33.2 Å². The fraction of sp³-hybridized carbons (Fsp3) is 1.00. The van der Waals surface area contributed by atoms with E-state index in [2.05, 4.69) is 17.9 Å². The van der Waals surface area contributed by atoms with Gasteiger partial charge in [-0.1, -0.05) is 116 Å². The zero-order valence-corrected chi connectivity index (χ0v) is 22.5. The minimum Gasteiger partial charge on any atom is -0.427 e. The van der Waals surface area contributed by atoms with Gasteiger partial charge in [-0.3, -0.25) is 0 Å². The summed E-state index contributed by atoms with van der Waals surface area (Å²) in [5.41, 5.74) is 0. The quantitative estimate of drug-likeness (QED) is 0.112. The van der Waals surface area contributed by atoms with Crippen LogP contribution >= 0.6 is 33.2 Å². The molecule has 0 aliphatic carbocycles. The van der Waals surface area contributed by atoms with Gasteiger partial charge in [-0.25, -0.2) is 0 Å². The molecule has 1 nitrogen and oxygen atoms in total. The third-order valence-electron chi connectivity index (χ3n) is 4.60. The van der Waals surface area contributed by atoms with Crippen LogP contribution in [0.15, 0.2) is 0 Å². The van der Waals surface area contributed by atoms with Crippen molar-refractivity contribution in [2.75, 3.05) is 7.11 Å². The molecule has 160 valence electrons. The van der Waals surface area contributed by atoms with E-state index < -0.39 is 6.00 Å². The lowest BCUT2D eigenvalue weighted by Crippen LogP contribution is -2.07. The summed E-state index contributed by atoms with van der Waals surface area (Å²) >= 11 is 17.6. The van der Waals surface area contributed by atoms with Gasteiger partial charge in [-0.2, -0.15) is 0 Å². The normalized spacial score (nSPS) is 11.8. The van der Waals surface area contributed by atoms with Gasteiger partial charge < -0.3 is 4.43 Å². The van der Waals surface area contributed by atoms with Gasteiger partial charge >= 0.3 is 6.00 Å². The molecule has 0 fully saturated rings. The van der Waals surface area contributed by atoms with Gasteiger partial charge in [0.25, 0.3) is 0 Å². The Morgan fingerprint density at radius 1 is 0.615 bits per heavy atom. The summed E-state index contributed by atoms with van der Waals surface area (Å²) in [4.78, 5) is 0. The van der Waals surface area contributed by atoms with E-state index in [1.54, 1.807) is 7.11 Å². The molecule has 0 aromatic carbocycles. The molecule has 0 saturated heterocycles. The molecule has 0 aliphatic heterocycles. The zero-order valence-electron chi connectivity index (χ0n) is 17.8. The standard InChI is InChI=1S/C18H37Cl3Si.C2H8OSi/c1-2-3-4-5-6-7-8-9-10-11-12-13-14-15-16-17-18-22(19,20)21;1-3-4-2/h2-18H2,1H3;4H2,1-2H3. The van der Waals surface area contributed by atoms with Gasteiger partial charge in [0.15, 0.2) is 9.76 Å².